The van der Waals surface area contributed by atoms with Gasteiger partial charge in [-0.1, -0.05) is 42.6 Å². The molecule has 28 heavy (non-hydrogen) atoms. The van der Waals surface area contributed by atoms with Gasteiger partial charge >= 0.3 is 0 Å². The number of anilines is 2. The third-order valence-corrected chi connectivity index (χ3v) is 4.76. The van der Waals surface area contributed by atoms with E-state index in [-0.39, 0.29) is 0 Å². The van der Waals surface area contributed by atoms with Crippen LogP contribution in [0.5, 0.6) is 11.5 Å². The summed E-state index contributed by atoms with van der Waals surface area (Å²) in [5.74, 6) is 1.60. The third kappa shape index (κ3) is 5.06. The fourth-order valence-corrected chi connectivity index (χ4v) is 3.05. The van der Waals surface area contributed by atoms with Crippen LogP contribution >= 0.6 is 24.4 Å². The van der Waals surface area contributed by atoms with Crippen LogP contribution in [0.15, 0.2) is 72.8 Å². The Kier molecular flexibility index (Phi) is 6.57. The van der Waals surface area contributed by atoms with Crippen LogP contribution < -0.4 is 20.1 Å². The molecule has 0 saturated carbocycles. The van der Waals surface area contributed by atoms with Gasteiger partial charge in [-0.05, 0) is 54.6 Å². The van der Waals surface area contributed by atoms with E-state index in [2.05, 4.69) is 10.6 Å². The van der Waals surface area contributed by atoms with Crippen LogP contribution in [0.25, 0.3) is 0 Å². The molecule has 0 heterocycles. The molecule has 3 rings (SSSR count). The monoisotopic (exact) mass is 408 g/mol. The van der Waals surface area contributed by atoms with E-state index in [1.807, 2.05) is 72.8 Å². The van der Waals surface area contributed by atoms with Crippen molar-refractivity contribution in [3.63, 3.8) is 0 Å². The predicted octanol–water partition coefficient (Wildman–Crippen LogP) is 5.28. The highest BCUT2D eigenvalue weighted by atomic mass is 32.1. The molecular weight excluding hydrogens is 388 g/mol. The summed E-state index contributed by atoms with van der Waals surface area (Å²) in [6.45, 7) is 0. The van der Waals surface area contributed by atoms with Crippen LogP contribution in [0.2, 0.25) is 0 Å². The number of hydrogen-bond acceptors (Lipinski definition) is 4. The third-order valence-electron chi connectivity index (χ3n) is 4.08. The molecule has 0 aromatic heterocycles. The lowest BCUT2D eigenvalue weighted by Crippen LogP contribution is -2.14. The van der Waals surface area contributed by atoms with E-state index >= 15 is 0 Å². The number of benzene rings is 3. The average Bonchev–Trinajstić information content (AvgIpc) is 2.75. The summed E-state index contributed by atoms with van der Waals surface area (Å²) >= 11 is 11.1. The van der Waals surface area contributed by atoms with E-state index in [0.29, 0.717) is 9.98 Å². The molecule has 0 saturated heterocycles. The Balaban J connectivity index is 1.69. The molecule has 3 aromatic rings. The standard InChI is InChI=1S/C22H20N2O2S2/c1-25-19-10-6-17(7-11-19)23-21(27)15-4-3-5-16(14-15)22(28)24-18-8-12-20(26-2)13-9-18/h3-14H,1-2H3,(H,23,27)(H,24,28). The van der Waals surface area contributed by atoms with Crippen molar-refractivity contribution >= 4 is 45.8 Å². The number of ether oxygens (including phenoxy) is 2. The molecule has 0 aliphatic heterocycles. The molecule has 6 heteroatoms. The van der Waals surface area contributed by atoms with Crippen molar-refractivity contribution in [1.29, 1.82) is 0 Å². The zero-order chi connectivity index (χ0) is 19.9. The zero-order valence-electron chi connectivity index (χ0n) is 15.6. The first kappa shape index (κ1) is 19.8. The van der Waals surface area contributed by atoms with Gasteiger partial charge in [-0.25, -0.2) is 0 Å². The molecule has 0 bridgehead atoms. The largest absolute Gasteiger partial charge is 0.497 e. The SMILES string of the molecule is COc1ccc(NC(=S)c2cccc(C(=S)Nc3ccc(OC)cc3)c2)cc1. The number of rotatable bonds is 6. The lowest BCUT2D eigenvalue weighted by molar-refractivity contribution is 0.415. The number of nitrogens with one attached hydrogen (secondary N) is 2. The Morgan fingerprint density at radius 3 is 1.39 bits per heavy atom. The van der Waals surface area contributed by atoms with Crippen molar-refractivity contribution in [1.82, 2.24) is 0 Å². The Morgan fingerprint density at radius 1 is 0.643 bits per heavy atom. The van der Waals surface area contributed by atoms with Gasteiger partial charge in [-0.2, -0.15) is 0 Å². The molecule has 2 N–H and O–H groups in total. The lowest BCUT2D eigenvalue weighted by atomic mass is 10.1. The molecule has 0 radical (unpaired) electrons. The Bertz CT molecular complexity index is 894. The van der Waals surface area contributed by atoms with E-state index in [9.17, 15) is 0 Å². The van der Waals surface area contributed by atoms with E-state index in [1.165, 1.54) is 0 Å². The van der Waals surface area contributed by atoms with Crippen LogP contribution in [0.4, 0.5) is 11.4 Å². The van der Waals surface area contributed by atoms with Crippen molar-refractivity contribution in [2.75, 3.05) is 24.9 Å². The second-order valence-electron chi connectivity index (χ2n) is 5.95. The molecule has 4 nitrogen and oxygen atoms in total. The number of hydrogen-bond donors (Lipinski definition) is 2. The van der Waals surface area contributed by atoms with Crippen molar-refractivity contribution < 1.29 is 9.47 Å². The summed E-state index contributed by atoms with van der Waals surface area (Å²) < 4.78 is 10.3. The Morgan fingerprint density at radius 2 is 1.04 bits per heavy atom. The van der Waals surface area contributed by atoms with Gasteiger partial charge in [0.15, 0.2) is 0 Å². The van der Waals surface area contributed by atoms with Crippen molar-refractivity contribution in [2.24, 2.45) is 0 Å². The van der Waals surface area contributed by atoms with Crippen LogP contribution in [-0.4, -0.2) is 24.2 Å². The number of methoxy groups -OCH3 is 2. The molecular formula is C22H20N2O2S2. The van der Waals surface area contributed by atoms with Gasteiger partial charge in [0.2, 0.25) is 0 Å². The maximum Gasteiger partial charge on any atom is 0.119 e. The minimum Gasteiger partial charge on any atom is -0.497 e. The van der Waals surface area contributed by atoms with E-state index < -0.39 is 0 Å². The molecule has 0 aliphatic rings. The maximum absolute atomic E-state index is 5.55. The van der Waals surface area contributed by atoms with Gasteiger partial charge in [0, 0.05) is 22.5 Å². The highest BCUT2D eigenvalue weighted by Gasteiger charge is 2.07. The van der Waals surface area contributed by atoms with Gasteiger partial charge < -0.3 is 20.1 Å². The lowest BCUT2D eigenvalue weighted by Gasteiger charge is -2.12. The quantitative estimate of drug-likeness (QED) is 0.541. The molecule has 0 atom stereocenters. The molecule has 142 valence electrons. The first-order valence-electron chi connectivity index (χ1n) is 8.60. The predicted molar refractivity (Wildman–Crippen MR) is 123 cm³/mol. The van der Waals surface area contributed by atoms with Crippen LogP contribution in [0, 0.1) is 0 Å². The highest BCUT2D eigenvalue weighted by Crippen LogP contribution is 2.18. The number of thiocarbonyl (C=S) groups is 2. The Hall–Kier alpha value is -2.96. The second kappa shape index (κ2) is 9.30. The molecule has 0 aliphatic carbocycles. The molecule has 0 fully saturated rings. The van der Waals surface area contributed by atoms with Gasteiger partial charge in [0.25, 0.3) is 0 Å². The minimum absolute atomic E-state index is 0.624. The summed E-state index contributed by atoms with van der Waals surface area (Å²) in [7, 11) is 3.28. The summed E-state index contributed by atoms with van der Waals surface area (Å²) in [5, 5.41) is 6.47. The molecule has 0 amide bonds. The van der Waals surface area contributed by atoms with Gasteiger partial charge in [0.05, 0.1) is 14.2 Å². The zero-order valence-corrected chi connectivity index (χ0v) is 17.2. The fraction of sp³-hybridized carbons (Fsp3) is 0.0909. The van der Waals surface area contributed by atoms with E-state index in [4.69, 9.17) is 33.9 Å². The summed E-state index contributed by atoms with van der Waals surface area (Å²) in [5.41, 5.74) is 3.58. The summed E-state index contributed by atoms with van der Waals surface area (Å²) in [6, 6.07) is 23.0. The van der Waals surface area contributed by atoms with Crippen molar-refractivity contribution in [2.45, 2.75) is 0 Å². The van der Waals surface area contributed by atoms with Gasteiger partial charge in [-0.15, -0.1) is 0 Å². The first-order chi connectivity index (χ1) is 13.6. The van der Waals surface area contributed by atoms with Crippen molar-refractivity contribution in [3.8, 4) is 11.5 Å². The summed E-state index contributed by atoms with van der Waals surface area (Å²) in [4.78, 5) is 1.25. The maximum atomic E-state index is 5.55. The van der Waals surface area contributed by atoms with Crippen LogP contribution in [0.1, 0.15) is 11.1 Å². The summed E-state index contributed by atoms with van der Waals surface area (Å²) in [6.07, 6.45) is 0. The van der Waals surface area contributed by atoms with Crippen molar-refractivity contribution in [3.05, 3.63) is 83.9 Å². The van der Waals surface area contributed by atoms with Crippen LogP contribution in [-0.2, 0) is 0 Å². The highest BCUT2D eigenvalue weighted by molar-refractivity contribution is 7.81. The minimum atomic E-state index is 0.624. The molecule has 3 aromatic carbocycles. The van der Waals surface area contributed by atoms with E-state index in [1.54, 1.807) is 14.2 Å². The first-order valence-corrected chi connectivity index (χ1v) is 9.41. The van der Waals surface area contributed by atoms with E-state index in [0.717, 1.165) is 34.0 Å². The molecule has 0 spiro atoms. The van der Waals surface area contributed by atoms with Crippen LogP contribution in [0.3, 0.4) is 0 Å². The van der Waals surface area contributed by atoms with Gasteiger partial charge in [-0.3, -0.25) is 0 Å². The molecule has 0 unspecified atom stereocenters. The topological polar surface area (TPSA) is 42.5 Å². The normalized spacial score (nSPS) is 10.1. The van der Waals surface area contributed by atoms with Gasteiger partial charge in [0.1, 0.15) is 21.5 Å². The average molecular weight is 409 g/mol. The smallest absolute Gasteiger partial charge is 0.119 e. The fourth-order valence-electron chi connectivity index (χ4n) is 2.56. The second-order valence-corrected chi connectivity index (χ2v) is 6.76. The Labute approximate surface area is 175 Å².